The van der Waals surface area contributed by atoms with E-state index in [4.69, 9.17) is 0 Å². The van der Waals surface area contributed by atoms with Crippen molar-refractivity contribution in [1.82, 2.24) is 10.3 Å². The molecule has 3 heteroatoms. The summed E-state index contributed by atoms with van der Waals surface area (Å²) < 4.78 is 0. The van der Waals surface area contributed by atoms with Gasteiger partial charge in [0.15, 0.2) is 0 Å². The van der Waals surface area contributed by atoms with Crippen LogP contribution < -0.4 is 10.9 Å². The van der Waals surface area contributed by atoms with Gasteiger partial charge in [0, 0.05) is 17.2 Å². The minimum Gasteiger partial charge on any atom is -0.326 e. The van der Waals surface area contributed by atoms with E-state index in [0.29, 0.717) is 5.92 Å². The van der Waals surface area contributed by atoms with Gasteiger partial charge in [-0.25, -0.2) is 0 Å². The monoisotopic (exact) mass is 206 g/mol. The Morgan fingerprint density at radius 1 is 1.33 bits per heavy atom. The van der Waals surface area contributed by atoms with Gasteiger partial charge in [0.25, 0.3) is 5.56 Å². The van der Waals surface area contributed by atoms with Crippen LogP contribution in [0, 0.1) is 0 Å². The molecule has 1 saturated heterocycles. The normalized spacial score (nSPS) is 17.9. The smallest absolute Gasteiger partial charge is 0.251 e. The van der Waals surface area contributed by atoms with Crippen LogP contribution in [0.4, 0.5) is 0 Å². The number of hydrogen-bond acceptors (Lipinski definition) is 2. The average Bonchev–Trinajstić information content (AvgIpc) is 2.30. The van der Waals surface area contributed by atoms with Crippen molar-refractivity contribution in [1.29, 1.82) is 0 Å². The van der Waals surface area contributed by atoms with Gasteiger partial charge in [0.2, 0.25) is 0 Å². The first kappa shape index (κ1) is 10.4. The first-order valence-electron chi connectivity index (χ1n) is 5.74. The molecule has 15 heavy (non-hydrogen) atoms. The maximum absolute atomic E-state index is 11.6. The Morgan fingerprint density at radius 2 is 2.07 bits per heavy atom. The highest BCUT2D eigenvalue weighted by molar-refractivity contribution is 5.17. The molecule has 1 aromatic heterocycles. The standard InChI is InChI=1S/C12H18N2O/c1-2-9-3-4-11(14-12(9)15)10-5-7-13-8-6-10/h3-4,10,13H,2,5-8H2,1H3,(H,14,15). The van der Waals surface area contributed by atoms with Gasteiger partial charge in [-0.05, 0) is 38.4 Å². The van der Waals surface area contributed by atoms with E-state index in [1.54, 1.807) is 0 Å². The van der Waals surface area contributed by atoms with Crippen LogP contribution in [0.1, 0.15) is 36.9 Å². The molecular weight excluding hydrogens is 188 g/mol. The van der Waals surface area contributed by atoms with Gasteiger partial charge in [-0.3, -0.25) is 4.79 Å². The molecule has 1 fully saturated rings. The van der Waals surface area contributed by atoms with E-state index in [1.165, 1.54) is 0 Å². The average molecular weight is 206 g/mol. The van der Waals surface area contributed by atoms with E-state index >= 15 is 0 Å². The highest BCUT2D eigenvalue weighted by atomic mass is 16.1. The number of aromatic amines is 1. The van der Waals surface area contributed by atoms with Gasteiger partial charge in [-0.15, -0.1) is 0 Å². The minimum atomic E-state index is 0.0912. The zero-order valence-electron chi connectivity index (χ0n) is 9.18. The fourth-order valence-electron chi connectivity index (χ4n) is 2.17. The van der Waals surface area contributed by atoms with Crippen molar-refractivity contribution in [2.24, 2.45) is 0 Å². The summed E-state index contributed by atoms with van der Waals surface area (Å²) in [5.41, 5.74) is 2.08. The summed E-state index contributed by atoms with van der Waals surface area (Å²) >= 11 is 0. The van der Waals surface area contributed by atoms with Gasteiger partial charge in [-0.2, -0.15) is 0 Å². The zero-order chi connectivity index (χ0) is 10.7. The summed E-state index contributed by atoms with van der Waals surface area (Å²) in [4.78, 5) is 14.7. The maximum Gasteiger partial charge on any atom is 0.251 e. The Hall–Kier alpha value is -1.09. The van der Waals surface area contributed by atoms with Crippen LogP contribution in [0.5, 0.6) is 0 Å². The predicted octanol–water partition coefficient (Wildman–Crippen LogP) is 1.40. The summed E-state index contributed by atoms with van der Waals surface area (Å²) in [5.74, 6) is 0.532. The highest BCUT2D eigenvalue weighted by Crippen LogP contribution is 2.22. The number of rotatable bonds is 2. The number of aromatic nitrogens is 1. The van der Waals surface area contributed by atoms with Crippen LogP contribution in [-0.2, 0) is 6.42 Å². The van der Waals surface area contributed by atoms with Crippen LogP contribution in [0.3, 0.4) is 0 Å². The molecule has 3 nitrogen and oxygen atoms in total. The quantitative estimate of drug-likeness (QED) is 0.768. The number of pyridine rings is 1. The van der Waals surface area contributed by atoms with Crippen LogP contribution in [-0.4, -0.2) is 18.1 Å². The van der Waals surface area contributed by atoms with Gasteiger partial charge < -0.3 is 10.3 Å². The summed E-state index contributed by atoms with van der Waals surface area (Å²) in [5, 5.41) is 3.33. The van der Waals surface area contributed by atoms with E-state index in [2.05, 4.69) is 16.4 Å². The minimum absolute atomic E-state index is 0.0912. The molecule has 2 heterocycles. The molecule has 0 bridgehead atoms. The fourth-order valence-corrected chi connectivity index (χ4v) is 2.17. The molecule has 2 N–H and O–H groups in total. The first-order chi connectivity index (χ1) is 7.31. The molecule has 82 valence electrons. The van der Waals surface area contributed by atoms with Crippen molar-refractivity contribution >= 4 is 0 Å². The predicted molar refractivity (Wildman–Crippen MR) is 61.3 cm³/mol. The second-order valence-electron chi connectivity index (χ2n) is 4.15. The summed E-state index contributed by atoms with van der Waals surface area (Å²) in [6, 6.07) is 4.05. The molecule has 0 spiro atoms. The van der Waals surface area contributed by atoms with Crippen LogP contribution in [0.25, 0.3) is 0 Å². The Labute approximate surface area is 89.9 Å². The molecule has 0 aromatic carbocycles. The molecule has 0 radical (unpaired) electrons. The molecule has 0 amide bonds. The molecule has 2 rings (SSSR count). The van der Waals surface area contributed by atoms with Crippen molar-refractivity contribution in [3.8, 4) is 0 Å². The second kappa shape index (κ2) is 4.62. The topological polar surface area (TPSA) is 44.9 Å². The molecule has 0 unspecified atom stereocenters. The van der Waals surface area contributed by atoms with Gasteiger partial charge in [-0.1, -0.05) is 13.0 Å². The Bertz CT molecular complexity index is 377. The van der Waals surface area contributed by atoms with E-state index in [9.17, 15) is 4.79 Å². The van der Waals surface area contributed by atoms with Crippen molar-refractivity contribution in [3.05, 3.63) is 33.7 Å². The SMILES string of the molecule is CCc1ccc(C2CCNCC2)[nH]c1=O. The lowest BCUT2D eigenvalue weighted by Crippen LogP contribution is -2.28. The number of piperidine rings is 1. The van der Waals surface area contributed by atoms with Crippen molar-refractivity contribution < 1.29 is 0 Å². The third-order valence-corrected chi connectivity index (χ3v) is 3.17. The Morgan fingerprint density at radius 3 is 2.67 bits per heavy atom. The van der Waals surface area contributed by atoms with Crippen LogP contribution in [0.15, 0.2) is 16.9 Å². The third-order valence-electron chi connectivity index (χ3n) is 3.17. The van der Waals surface area contributed by atoms with Crippen LogP contribution >= 0.6 is 0 Å². The summed E-state index contributed by atoms with van der Waals surface area (Å²) in [6.07, 6.45) is 3.06. The fraction of sp³-hybridized carbons (Fsp3) is 0.583. The van der Waals surface area contributed by atoms with E-state index in [0.717, 1.165) is 43.6 Å². The van der Waals surface area contributed by atoms with Crippen molar-refractivity contribution in [3.63, 3.8) is 0 Å². The molecular formula is C12H18N2O. The van der Waals surface area contributed by atoms with Crippen molar-refractivity contribution in [2.45, 2.75) is 32.1 Å². The van der Waals surface area contributed by atoms with Gasteiger partial charge >= 0.3 is 0 Å². The Kier molecular flexibility index (Phi) is 3.21. The number of H-pyrrole nitrogens is 1. The van der Waals surface area contributed by atoms with E-state index in [1.807, 2.05) is 13.0 Å². The lowest BCUT2D eigenvalue weighted by molar-refractivity contribution is 0.452. The number of nitrogens with one attached hydrogen (secondary N) is 2. The summed E-state index contributed by atoms with van der Waals surface area (Å²) in [7, 11) is 0. The van der Waals surface area contributed by atoms with Gasteiger partial charge in [0.05, 0.1) is 0 Å². The third kappa shape index (κ3) is 2.29. The van der Waals surface area contributed by atoms with Crippen molar-refractivity contribution in [2.75, 3.05) is 13.1 Å². The van der Waals surface area contributed by atoms with E-state index < -0.39 is 0 Å². The zero-order valence-corrected chi connectivity index (χ0v) is 9.18. The molecule has 1 aliphatic rings. The second-order valence-corrected chi connectivity index (χ2v) is 4.15. The molecule has 1 aromatic rings. The number of aryl methyl sites for hydroxylation is 1. The number of hydrogen-bond donors (Lipinski definition) is 2. The molecule has 0 atom stereocenters. The van der Waals surface area contributed by atoms with E-state index in [-0.39, 0.29) is 5.56 Å². The van der Waals surface area contributed by atoms with Crippen LogP contribution in [0.2, 0.25) is 0 Å². The Balaban J connectivity index is 2.21. The first-order valence-corrected chi connectivity index (χ1v) is 5.74. The highest BCUT2D eigenvalue weighted by Gasteiger charge is 2.15. The lowest BCUT2D eigenvalue weighted by Gasteiger charge is -2.22. The largest absolute Gasteiger partial charge is 0.326 e. The van der Waals surface area contributed by atoms with Gasteiger partial charge in [0.1, 0.15) is 0 Å². The molecule has 0 aliphatic carbocycles. The summed E-state index contributed by atoms with van der Waals surface area (Å²) in [6.45, 7) is 4.12. The lowest BCUT2D eigenvalue weighted by atomic mass is 9.94. The molecule has 0 saturated carbocycles. The maximum atomic E-state index is 11.6. The molecule has 1 aliphatic heterocycles.